The molecule has 4 rings (SSSR count). The first kappa shape index (κ1) is 34.9. The van der Waals surface area contributed by atoms with Crippen LogP contribution in [0.2, 0.25) is 0 Å². The Hall–Kier alpha value is -1.63. The number of halogens is 1. The standard InChI is InChI=1S/C30H49N5O4S2.ClH/c1-27-24-34(40(36,37)30-16-14-29(15-17-30)31(2)3)22-10-18-32(26-28-12-6-4-7-13-28)19-11-23-35(25-27)41(38,39)33-20-8-5-9-21-33;/h11,14-17,23,28H,1,4-10,12-13,18-22,24-26H2,2-3H3;1H/b23-11-;. The Labute approximate surface area is 260 Å². The molecule has 1 saturated heterocycles. The lowest BCUT2D eigenvalue weighted by Gasteiger charge is -2.34. The van der Waals surface area contributed by atoms with Crippen LogP contribution in [0, 0.1) is 5.92 Å². The molecule has 2 fully saturated rings. The highest BCUT2D eigenvalue weighted by Gasteiger charge is 2.31. The third-order valence-electron chi connectivity index (χ3n) is 8.47. The van der Waals surface area contributed by atoms with Crippen LogP contribution in [-0.4, -0.2) is 101 Å². The lowest BCUT2D eigenvalue weighted by atomic mass is 9.89. The number of benzene rings is 1. The van der Waals surface area contributed by atoms with Crippen molar-refractivity contribution in [2.75, 3.05) is 71.4 Å². The van der Waals surface area contributed by atoms with Crippen molar-refractivity contribution < 1.29 is 16.8 Å². The molecule has 12 heteroatoms. The van der Waals surface area contributed by atoms with Crippen LogP contribution in [0.4, 0.5) is 5.69 Å². The van der Waals surface area contributed by atoms with E-state index in [9.17, 15) is 16.8 Å². The number of anilines is 1. The van der Waals surface area contributed by atoms with E-state index < -0.39 is 20.2 Å². The van der Waals surface area contributed by atoms with Crippen LogP contribution >= 0.6 is 12.4 Å². The van der Waals surface area contributed by atoms with Gasteiger partial charge in [-0.25, -0.2) is 8.42 Å². The van der Waals surface area contributed by atoms with Crippen LogP contribution in [0.5, 0.6) is 0 Å². The molecule has 0 aromatic heterocycles. The first-order valence-electron chi connectivity index (χ1n) is 15.2. The summed E-state index contributed by atoms with van der Waals surface area (Å²) in [6, 6.07) is 6.91. The summed E-state index contributed by atoms with van der Waals surface area (Å²) in [6.45, 7) is 7.97. The van der Waals surface area contributed by atoms with E-state index in [1.54, 1.807) is 22.6 Å². The molecule has 9 nitrogen and oxygen atoms in total. The molecule has 1 aliphatic carbocycles. The Bertz CT molecular complexity index is 1240. The number of hydrogen-bond donors (Lipinski definition) is 0. The molecular formula is C30H50ClN5O4S2. The third-order valence-corrected chi connectivity index (χ3v) is 12.2. The van der Waals surface area contributed by atoms with Crippen LogP contribution in [0.15, 0.2) is 53.6 Å². The van der Waals surface area contributed by atoms with Crippen LogP contribution in [0.1, 0.15) is 57.8 Å². The van der Waals surface area contributed by atoms with Gasteiger partial charge in [0.2, 0.25) is 10.0 Å². The van der Waals surface area contributed by atoms with E-state index in [0.717, 1.165) is 38.0 Å². The predicted molar refractivity (Wildman–Crippen MR) is 174 cm³/mol. The molecule has 0 spiro atoms. The van der Waals surface area contributed by atoms with Gasteiger partial charge in [-0.1, -0.05) is 38.3 Å². The van der Waals surface area contributed by atoms with Gasteiger partial charge in [-0.2, -0.15) is 17.0 Å². The maximum absolute atomic E-state index is 13.9. The van der Waals surface area contributed by atoms with E-state index >= 15 is 0 Å². The van der Waals surface area contributed by atoms with Crippen molar-refractivity contribution >= 4 is 38.3 Å². The summed E-state index contributed by atoms with van der Waals surface area (Å²) in [5, 5.41) is 0. The Balaban J connectivity index is 0.00000484. The molecule has 3 aliphatic rings. The fourth-order valence-electron chi connectivity index (χ4n) is 6.10. The van der Waals surface area contributed by atoms with E-state index in [2.05, 4.69) is 11.5 Å². The van der Waals surface area contributed by atoms with Crippen molar-refractivity contribution in [1.82, 2.24) is 17.8 Å². The number of nitrogens with zero attached hydrogens (tertiary/aromatic N) is 5. The number of rotatable bonds is 7. The number of hydrogen-bond acceptors (Lipinski definition) is 6. The summed E-state index contributed by atoms with van der Waals surface area (Å²) in [4.78, 5) is 4.53. The SMILES string of the molecule is C=C1CN(S(=O)(=O)c2ccc(N(C)C)cc2)CCCN(CC2CCCCC2)C/C=C\N(S(=O)(=O)N2CCCCC2)C1.Cl. The second-order valence-electron chi connectivity index (χ2n) is 12.0. The topological polar surface area (TPSA) is 84.5 Å². The van der Waals surface area contributed by atoms with E-state index in [0.29, 0.717) is 44.1 Å². The van der Waals surface area contributed by atoms with Gasteiger partial charge in [-0.15, -0.1) is 12.4 Å². The summed E-state index contributed by atoms with van der Waals surface area (Å²) in [5.74, 6) is 0.632. The van der Waals surface area contributed by atoms with Gasteiger partial charge < -0.3 is 4.90 Å². The molecule has 1 aromatic carbocycles. The Morgan fingerprint density at radius 2 is 1.43 bits per heavy atom. The van der Waals surface area contributed by atoms with Gasteiger partial charge in [0, 0.05) is 65.3 Å². The first-order chi connectivity index (χ1) is 19.6. The fraction of sp³-hybridized carbons (Fsp3) is 0.667. The van der Waals surface area contributed by atoms with E-state index in [-0.39, 0.29) is 30.4 Å². The fourth-order valence-corrected chi connectivity index (χ4v) is 9.20. The average Bonchev–Trinajstić information content (AvgIpc) is 2.96. The molecule has 0 amide bonds. The van der Waals surface area contributed by atoms with Gasteiger partial charge in [-0.3, -0.25) is 9.21 Å². The molecule has 2 heterocycles. The molecule has 1 aromatic rings. The molecule has 0 bridgehead atoms. The monoisotopic (exact) mass is 643 g/mol. The number of sulfonamides is 1. The summed E-state index contributed by atoms with van der Waals surface area (Å²) in [7, 11) is -3.71. The van der Waals surface area contributed by atoms with Crippen molar-refractivity contribution in [2.45, 2.75) is 62.7 Å². The molecule has 42 heavy (non-hydrogen) atoms. The van der Waals surface area contributed by atoms with Gasteiger partial charge in [0.05, 0.1) is 11.4 Å². The summed E-state index contributed by atoms with van der Waals surface area (Å²) in [5.41, 5.74) is 1.47. The smallest absolute Gasteiger partial charge is 0.303 e. The quantitative estimate of drug-likeness (QED) is 0.406. The summed E-state index contributed by atoms with van der Waals surface area (Å²) in [6.07, 6.45) is 13.3. The van der Waals surface area contributed by atoms with Crippen molar-refractivity contribution in [3.05, 3.63) is 48.7 Å². The molecule has 0 N–H and O–H groups in total. The Morgan fingerprint density at radius 3 is 2.07 bits per heavy atom. The minimum atomic E-state index is -3.81. The summed E-state index contributed by atoms with van der Waals surface area (Å²) >= 11 is 0. The second kappa shape index (κ2) is 15.9. The first-order valence-corrected chi connectivity index (χ1v) is 18.0. The minimum absolute atomic E-state index is 0. The zero-order chi connectivity index (χ0) is 29.5. The van der Waals surface area contributed by atoms with Crippen molar-refractivity contribution in [2.24, 2.45) is 5.92 Å². The normalized spacial score (nSPS) is 22.5. The van der Waals surface area contributed by atoms with Crippen molar-refractivity contribution in [3.8, 4) is 0 Å². The van der Waals surface area contributed by atoms with Crippen molar-refractivity contribution in [1.29, 1.82) is 0 Å². The van der Waals surface area contributed by atoms with E-state index in [1.165, 1.54) is 40.7 Å². The van der Waals surface area contributed by atoms with E-state index in [4.69, 9.17) is 0 Å². The van der Waals surface area contributed by atoms with Gasteiger partial charge in [0.25, 0.3) is 0 Å². The number of piperidine rings is 1. The predicted octanol–water partition coefficient (Wildman–Crippen LogP) is 4.55. The lowest BCUT2D eigenvalue weighted by Crippen LogP contribution is -2.45. The summed E-state index contributed by atoms with van der Waals surface area (Å²) < 4.78 is 59.5. The molecule has 0 unspecified atom stereocenters. The van der Waals surface area contributed by atoms with Gasteiger partial charge in [-0.05, 0) is 74.4 Å². The van der Waals surface area contributed by atoms with Crippen molar-refractivity contribution in [3.63, 3.8) is 0 Å². The van der Waals surface area contributed by atoms with Crippen LogP contribution in [-0.2, 0) is 20.2 Å². The van der Waals surface area contributed by atoms with Gasteiger partial charge in [0.1, 0.15) is 0 Å². The van der Waals surface area contributed by atoms with Crippen LogP contribution < -0.4 is 4.90 Å². The zero-order valence-electron chi connectivity index (χ0n) is 25.4. The molecular weight excluding hydrogens is 594 g/mol. The highest BCUT2D eigenvalue weighted by Crippen LogP contribution is 2.26. The largest absolute Gasteiger partial charge is 0.378 e. The average molecular weight is 644 g/mol. The molecule has 0 radical (unpaired) electrons. The Morgan fingerprint density at radius 1 is 0.810 bits per heavy atom. The van der Waals surface area contributed by atoms with E-state index in [1.807, 2.05) is 37.2 Å². The van der Waals surface area contributed by atoms with Crippen LogP contribution in [0.25, 0.3) is 0 Å². The van der Waals surface area contributed by atoms with Gasteiger partial charge in [0.15, 0.2) is 0 Å². The third kappa shape index (κ3) is 9.19. The maximum atomic E-state index is 13.9. The van der Waals surface area contributed by atoms with Crippen LogP contribution in [0.3, 0.4) is 0 Å². The van der Waals surface area contributed by atoms with Gasteiger partial charge >= 0.3 is 10.2 Å². The minimum Gasteiger partial charge on any atom is -0.378 e. The molecule has 2 aliphatic heterocycles. The molecule has 1 saturated carbocycles. The lowest BCUT2D eigenvalue weighted by molar-refractivity contribution is 0.209. The zero-order valence-corrected chi connectivity index (χ0v) is 27.8. The molecule has 0 atom stereocenters. The highest BCUT2D eigenvalue weighted by molar-refractivity contribution is 7.89. The second-order valence-corrected chi connectivity index (χ2v) is 15.8. The highest BCUT2D eigenvalue weighted by atomic mass is 35.5. The Kier molecular flexibility index (Phi) is 13.2. The maximum Gasteiger partial charge on any atom is 0.303 e. The molecule has 238 valence electrons.